The number of hydrogen-bond acceptors (Lipinski definition) is 3. The number of aromatic nitrogens is 1. The van der Waals surface area contributed by atoms with E-state index < -0.39 is 29.7 Å². The number of rotatable bonds is 5. The van der Waals surface area contributed by atoms with Crippen LogP contribution in [0.5, 0.6) is 0 Å². The first-order valence-corrected chi connectivity index (χ1v) is 8.39. The summed E-state index contributed by atoms with van der Waals surface area (Å²) in [5.74, 6) is -2.21. The normalized spacial score (nSPS) is 19.5. The minimum Gasteiger partial charge on any atom is -0.480 e. The van der Waals surface area contributed by atoms with Crippen molar-refractivity contribution in [3.63, 3.8) is 0 Å². The van der Waals surface area contributed by atoms with Crippen LogP contribution in [0.25, 0.3) is 0 Å². The van der Waals surface area contributed by atoms with E-state index in [1.165, 1.54) is 12.1 Å². The molecule has 2 heterocycles. The predicted molar refractivity (Wildman–Crippen MR) is 89.0 cm³/mol. The zero-order valence-corrected chi connectivity index (χ0v) is 13.7. The molecule has 0 radical (unpaired) electrons. The Hall–Kier alpha value is -2.34. The maximum absolute atomic E-state index is 14.5. The molecule has 6 heteroatoms. The van der Waals surface area contributed by atoms with Gasteiger partial charge in [-0.2, -0.15) is 0 Å². The van der Waals surface area contributed by atoms with Gasteiger partial charge in [0.2, 0.25) is 0 Å². The molecule has 0 bridgehead atoms. The number of carboxylic acid groups (broad SMARTS) is 1. The highest BCUT2D eigenvalue weighted by Crippen LogP contribution is 2.33. The summed E-state index contributed by atoms with van der Waals surface area (Å²) >= 11 is 0. The molecule has 1 aromatic heterocycles. The predicted octanol–water partition coefficient (Wildman–Crippen LogP) is 3.58. The van der Waals surface area contributed by atoms with Crippen LogP contribution in [0.2, 0.25) is 0 Å². The van der Waals surface area contributed by atoms with Crippen LogP contribution in [-0.2, 0) is 11.2 Å². The molecule has 2 atom stereocenters. The zero-order valence-electron chi connectivity index (χ0n) is 13.7. The molecule has 4 nitrogen and oxygen atoms in total. The van der Waals surface area contributed by atoms with Gasteiger partial charge in [-0.1, -0.05) is 18.6 Å². The molecule has 1 fully saturated rings. The van der Waals surface area contributed by atoms with E-state index in [0.717, 1.165) is 24.6 Å². The fourth-order valence-corrected chi connectivity index (χ4v) is 3.49. The third kappa shape index (κ3) is 4.02. The largest absolute Gasteiger partial charge is 0.480 e. The molecule has 3 rings (SSSR count). The number of hydrogen-bond donors (Lipinski definition) is 1. The molecule has 1 aliphatic heterocycles. The second kappa shape index (κ2) is 7.70. The molecular formula is C19H20F2N2O2. The maximum Gasteiger partial charge on any atom is 0.320 e. The average molecular weight is 346 g/mol. The summed E-state index contributed by atoms with van der Waals surface area (Å²) in [6, 6.07) is 7.75. The van der Waals surface area contributed by atoms with Crippen LogP contribution in [0.4, 0.5) is 8.78 Å². The molecule has 0 aliphatic carbocycles. The van der Waals surface area contributed by atoms with Gasteiger partial charge in [0.05, 0.1) is 0 Å². The second-order valence-corrected chi connectivity index (χ2v) is 6.29. The van der Waals surface area contributed by atoms with Gasteiger partial charge in [0.1, 0.15) is 17.7 Å². The van der Waals surface area contributed by atoms with Crippen LogP contribution < -0.4 is 0 Å². The summed E-state index contributed by atoms with van der Waals surface area (Å²) in [6.45, 7) is 0.561. The fourth-order valence-electron chi connectivity index (χ4n) is 3.49. The highest BCUT2D eigenvalue weighted by Gasteiger charge is 2.35. The van der Waals surface area contributed by atoms with Crippen molar-refractivity contribution in [3.05, 3.63) is 65.5 Å². The number of aliphatic carboxylic acids is 1. The molecule has 1 N–H and O–H groups in total. The first-order valence-electron chi connectivity index (χ1n) is 8.39. The van der Waals surface area contributed by atoms with Crippen LogP contribution in [0.15, 0.2) is 42.6 Å². The summed E-state index contributed by atoms with van der Waals surface area (Å²) < 4.78 is 27.8. The summed E-state index contributed by atoms with van der Waals surface area (Å²) in [5, 5.41) is 9.57. The topological polar surface area (TPSA) is 53.4 Å². The lowest BCUT2D eigenvalue weighted by molar-refractivity contribution is -0.146. The number of carbonyl (C=O) groups is 1. The van der Waals surface area contributed by atoms with E-state index in [1.807, 2.05) is 17.0 Å². The lowest BCUT2D eigenvalue weighted by Crippen LogP contribution is -2.47. The van der Waals surface area contributed by atoms with E-state index in [9.17, 15) is 18.7 Å². The Kier molecular flexibility index (Phi) is 5.38. The second-order valence-electron chi connectivity index (χ2n) is 6.29. The molecule has 132 valence electrons. The molecule has 2 unspecified atom stereocenters. The summed E-state index contributed by atoms with van der Waals surface area (Å²) in [7, 11) is 0. The Morgan fingerprint density at radius 2 is 2.12 bits per heavy atom. The first-order chi connectivity index (χ1) is 12.1. The Bertz CT molecular complexity index is 739. The van der Waals surface area contributed by atoms with Crippen molar-refractivity contribution in [3.8, 4) is 0 Å². The fraction of sp³-hybridized carbons (Fsp3) is 0.368. The standard InChI is InChI=1S/C19H20F2N2O2/c20-13-7-8-15(16(21)11-13)18(12-14-5-1-3-9-22-14)23-10-4-2-6-17(23)19(24)25/h1,3,5,7-9,11,17-18H,2,4,6,10,12H2,(H,24,25). The van der Waals surface area contributed by atoms with E-state index >= 15 is 0 Å². The monoisotopic (exact) mass is 346 g/mol. The maximum atomic E-state index is 14.5. The van der Waals surface area contributed by atoms with Gasteiger partial charge in [0, 0.05) is 36.0 Å². The average Bonchev–Trinajstić information content (AvgIpc) is 2.61. The van der Waals surface area contributed by atoms with Gasteiger partial charge < -0.3 is 5.11 Å². The molecule has 1 saturated heterocycles. The highest BCUT2D eigenvalue weighted by atomic mass is 19.1. The lowest BCUT2D eigenvalue weighted by Gasteiger charge is -2.39. The van der Waals surface area contributed by atoms with Gasteiger partial charge in [-0.15, -0.1) is 0 Å². The molecule has 25 heavy (non-hydrogen) atoms. The van der Waals surface area contributed by atoms with Crippen LogP contribution in [0, 0.1) is 11.6 Å². The number of nitrogens with zero attached hydrogens (tertiary/aromatic N) is 2. The van der Waals surface area contributed by atoms with Gasteiger partial charge in [-0.05, 0) is 37.6 Å². The third-order valence-corrected chi connectivity index (χ3v) is 4.68. The number of benzene rings is 1. The quantitative estimate of drug-likeness (QED) is 0.899. The van der Waals surface area contributed by atoms with Crippen LogP contribution in [0.1, 0.15) is 36.6 Å². The van der Waals surface area contributed by atoms with Crippen molar-refractivity contribution < 1.29 is 18.7 Å². The van der Waals surface area contributed by atoms with Crippen molar-refractivity contribution in [2.24, 2.45) is 0 Å². The van der Waals surface area contributed by atoms with Gasteiger partial charge in [0.15, 0.2) is 0 Å². The van der Waals surface area contributed by atoms with E-state index in [0.29, 0.717) is 24.9 Å². The molecule has 1 aliphatic rings. The van der Waals surface area contributed by atoms with Gasteiger partial charge in [-0.3, -0.25) is 14.7 Å². The zero-order chi connectivity index (χ0) is 17.8. The number of piperidine rings is 1. The molecule has 0 amide bonds. The van der Waals surface area contributed by atoms with Crippen LogP contribution in [0.3, 0.4) is 0 Å². The van der Waals surface area contributed by atoms with Gasteiger partial charge in [-0.25, -0.2) is 8.78 Å². The van der Waals surface area contributed by atoms with Crippen molar-refractivity contribution in [2.45, 2.75) is 37.8 Å². The summed E-state index contributed by atoms with van der Waals surface area (Å²) in [5.41, 5.74) is 1.05. The lowest BCUT2D eigenvalue weighted by atomic mass is 9.93. The Morgan fingerprint density at radius 1 is 1.28 bits per heavy atom. The Balaban J connectivity index is 1.99. The summed E-state index contributed by atoms with van der Waals surface area (Å²) in [4.78, 5) is 17.8. The smallest absolute Gasteiger partial charge is 0.320 e. The Morgan fingerprint density at radius 3 is 2.80 bits per heavy atom. The Labute approximate surface area is 145 Å². The van der Waals surface area contributed by atoms with Crippen molar-refractivity contribution >= 4 is 5.97 Å². The minimum absolute atomic E-state index is 0.306. The number of halogens is 2. The highest BCUT2D eigenvalue weighted by molar-refractivity contribution is 5.73. The molecule has 1 aromatic carbocycles. The molecular weight excluding hydrogens is 326 g/mol. The van der Waals surface area contributed by atoms with Crippen LogP contribution >= 0.6 is 0 Å². The molecule has 0 spiro atoms. The van der Waals surface area contributed by atoms with Crippen molar-refractivity contribution in [1.82, 2.24) is 9.88 Å². The van der Waals surface area contributed by atoms with Crippen molar-refractivity contribution in [2.75, 3.05) is 6.54 Å². The number of carboxylic acids is 1. The van der Waals surface area contributed by atoms with E-state index in [-0.39, 0.29) is 0 Å². The third-order valence-electron chi connectivity index (χ3n) is 4.68. The van der Waals surface area contributed by atoms with E-state index in [4.69, 9.17) is 0 Å². The minimum atomic E-state index is -0.909. The molecule has 2 aromatic rings. The van der Waals surface area contributed by atoms with E-state index in [2.05, 4.69) is 4.98 Å². The van der Waals surface area contributed by atoms with Crippen LogP contribution in [-0.4, -0.2) is 33.5 Å². The number of likely N-dealkylation sites (tertiary alicyclic amines) is 1. The summed E-state index contributed by atoms with van der Waals surface area (Å²) in [6.07, 6.45) is 4.23. The first kappa shape index (κ1) is 17.5. The van der Waals surface area contributed by atoms with Crippen molar-refractivity contribution in [1.29, 1.82) is 0 Å². The van der Waals surface area contributed by atoms with Gasteiger partial charge in [0.25, 0.3) is 0 Å². The number of pyridine rings is 1. The van der Waals surface area contributed by atoms with Gasteiger partial charge >= 0.3 is 5.97 Å². The van der Waals surface area contributed by atoms with E-state index in [1.54, 1.807) is 12.3 Å². The molecule has 0 saturated carbocycles. The SMILES string of the molecule is O=C(O)C1CCCCN1C(Cc1ccccn1)c1ccc(F)cc1F.